The van der Waals surface area contributed by atoms with Gasteiger partial charge in [-0.2, -0.15) is 0 Å². The predicted molar refractivity (Wildman–Crippen MR) is 74.2 cm³/mol. The molecule has 18 heavy (non-hydrogen) atoms. The van der Waals surface area contributed by atoms with Gasteiger partial charge in [-0.3, -0.25) is 9.69 Å². The van der Waals surface area contributed by atoms with E-state index in [0.29, 0.717) is 12.5 Å². The molecule has 1 saturated heterocycles. The molecule has 106 valence electrons. The summed E-state index contributed by atoms with van der Waals surface area (Å²) in [5.41, 5.74) is 10.3. The van der Waals surface area contributed by atoms with E-state index in [-0.39, 0.29) is 0 Å². The zero-order valence-electron chi connectivity index (χ0n) is 12.0. The van der Waals surface area contributed by atoms with Gasteiger partial charge < -0.3 is 16.4 Å². The van der Waals surface area contributed by atoms with E-state index in [0.717, 1.165) is 32.7 Å². The molecule has 1 heterocycles. The number of rotatable bonds is 7. The van der Waals surface area contributed by atoms with Crippen LogP contribution in [0.4, 0.5) is 0 Å². The van der Waals surface area contributed by atoms with Crippen LogP contribution in [0.3, 0.4) is 0 Å². The number of likely N-dealkylation sites (tertiary alicyclic amines) is 1. The average Bonchev–Trinajstić information content (AvgIpc) is 2.77. The first-order valence-corrected chi connectivity index (χ1v) is 6.96. The number of nitrogens with two attached hydrogens (primary N) is 2. The third-order valence-corrected chi connectivity index (χ3v) is 4.09. The molecule has 2 atom stereocenters. The monoisotopic (exact) mass is 256 g/mol. The van der Waals surface area contributed by atoms with E-state index in [1.807, 2.05) is 0 Å². The molecule has 0 aliphatic carbocycles. The molecular weight excluding hydrogens is 228 g/mol. The summed E-state index contributed by atoms with van der Waals surface area (Å²) in [6.07, 6.45) is 1.84. The van der Waals surface area contributed by atoms with E-state index in [2.05, 4.69) is 23.6 Å². The summed E-state index contributed by atoms with van der Waals surface area (Å²) < 4.78 is 0. The van der Waals surface area contributed by atoms with Gasteiger partial charge in [0.15, 0.2) is 0 Å². The van der Waals surface area contributed by atoms with Crippen LogP contribution in [0.15, 0.2) is 0 Å². The van der Waals surface area contributed by atoms with Crippen molar-refractivity contribution in [1.29, 1.82) is 0 Å². The highest BCUT2D eigenvalue weighted by molar-refractivity contribution is 5.83. The highest BCUT2D eigenvalue weighted by Gasteiger charge is 2.30. The molecule has 5 heteroatoms. The Balaban J connectivity index is 2.37. The number of amides is 1. The van der Waals surface area contributed by atoms with Gasteiger partial charge >= 0.3 is 0 Å². The van der Waals surface area contributed by atoms with Gasteiger partial charge in [0, 0.05) is 19.1 Å². The van der Waals surface area contributed by atoms with Gasteiger partial charge in [0.05, 0.1) is 5.54 Å². The van der Waals surface area contributed by atoms with Crippen LogP contribution in [-0.2, 0) is 4.79 Å². The summed E-state index contributed by atoms with van der Waals surface area (Å²) in [5, 5.41) is 0. The summed E-state index contributed by atoms with van der Waals surface area (Å²) in [4.78, 5) is 16.0. The first-order chi connectivity index (χ1) is 8.40. The lowest BCUT2D eigenvalue weighted by atomic mass is 9.98. The maximum Gasteiger partial charge on any atom is 0.237 e. The van der Waals surface area contributed by atoms with Crippen LogP contribution >= 0.6 is 0 Å². The van der Waals surface area contributed by atoms with Crippen LogP contribution in [-0.4, -0.2) is 60.0 Å². The van der Waals surface area contributed by atoms with Gasteiger partial charge in [0.2, 0.25) is 5.91 Å². The molecule has 1 aliphatic rings. The molecule has 0 aromatic carbocycles. The first-order valence-electron chi connectivity index (χ1n) is 6.96. The molecule has 1 amide bonds. The minimum absolute atomic E-state index is 0.415. The minimum Gasteiger partial charge on any atom is -0.368 e. The molecule has 0 spiro atoms. The van der Waals surface area contributed by atoms with Crippen molar-refractivity contribution in [1.82, 2.24) is 9.80 Å². The fourth-order valence-corrected chi connectivity index (χ4v) is 2.57. The Morgan fingerprint density at radius 2 is 2.06 bits per heavy atom. The van der Waals surface area contributed by atoms with Crippen molar-refractivity contribution in [3.8, 4) is 0 Å². The highest BCUT2D eigenvalue weighted by atomic mass is 16.1. The van der Waals surface area contributed by atoms with Gasteiger partial charge in [-0.15, -0.1) is 0 Å². The van der Waals surface area contributed by atoms with Crippen molar-refractivity contribution in [3.05, 3.63) is 0 Å². The van der Waals surface area contributed by atoms with E-state index in [1.54, 1.807) is 6.92 Å². The molecule has 1 rings (SSSR count). The fraction of sp³-hybridized carbons (Fsp3) is 0.923. The predicted octanol–water partition coefficient (Wildman–Crippen LogP) is -0.00470. The van der Waals surface area contributed by atoms with Crippen LogP contribution in [0.25, 0.3) is 0 Å². The van der Waals surface area contributed by atoms with Crippen molar-refractivity contribution in [2.45, 2.75) is 45.2 Å². The zero-order valence-corrected chi connectivity index (χ0v) is 12.0. The summed E-state index contributed by atoms with van der Waals surface area (Å²) in [7, 11) is 0. The Labute approximate surface area is 110 Å². The lowest BCUT2D eigenvalue weighted by molar-refractivity contribution is -0.122. The van der Waals surface area contributed by atoms with Crippen molar-refractivity contribution >= 4 is 5.91 Å². The van der Waals surface area contributed by atoms with Gasteiger partial charge in [0.1, 0.15) is 0 Å². The molecule has 1 fully saturated rings. The molecule has 2 unspecified atom stereocenters. The molecule has 1 aliphatic heterocycles. The normalized spacial score (nSPS) is 24.4. The van der Waals surface area contributed by atoms with Crippen molar-refractivity contribution in [2.75, 3.05) is 32.7 Å². The van der Waals surface area contributed by atoms with Gasteiger partial charge in [-0.25, -0.2) is 0 Å². The third kappa shape index (κ3) is 3.93. The largest absolute Gasteiger partial charge is 0.368 e. The summed E-state index contributed by atoms with van der Waals surface area (Å²) in [5.74, 6) is -0.415. The lowest BCUT2D eigenvalue weighted by Crippen LogP contribution is -2.51. The molecule has 0 bridgehead atoms. The van der Waals surface area contributed by atoms with Crippen LogP contribution in [0.2, 0.25) is 0 Å². The number of carbonyl (C=O) groups is 1. The standard InChI is InChI=1S/C13H28N4O/c1-4-17(5-2)11-6-8-16(10-11)9-7-13(3,15)12(14)18/h11H,4-10,15H2,1-3H3,(H2,14,18). The Morgan fingerprint density at radius 1 is 1.44 bits per heavy atom. The smallest absolute Gasteiger partial charge is 0.237 e. The second-order valence-electron chi connectivity index (χ2n) is 5.50. The summed E-state index contributed by atoms with van der Waals surface area (Å²) in [6.45, 7) is 11.4. The average molecular weight is 256 g/mol. The van der Waals surface area contributed by atoms with Crippen molar-refractivity contribution in [2.24, 2.45) is 11.5 Å². The van der Waals surface area contributed by atoms with Crippen LogP contribution in [0, 0.1) is 0 Å². The molecule has 0 aromatic rings. The number of nitrogens with zero attached hydrogens (tertiary/aromatic N) is 2. The maximum absolute atomic E-state index is 11.2. The molecule has 0 aromatic heterocycles. The lowest BCUT2D eigenvalue weighted by Gasteiger charge is -2.27. The Morgan fingerprint density at radius 3 is 2.56 bits per heavy atom. The Kier molecular flexibility index (Phi) is 5.56. The van der Waals surface area contributed by atoms with Crippen molar-refractivity contribution < 1.29 is 4.79 Å². The SMILES string of the molecule is CCN(CC)C1CCN(CCC(C)(N)C(N)=O)C1. The number of hydrogen-bond donors (Lipinski definition) is 2. The number of likely N-dealkylation sites (N-methyl/N-ethyl adjacent to an activating group) is 1. The van der Waals surface area contributed by atoms with Crippen LogP contribution < -0.4 is 11.5 Å². The van der Waals surface area contributed by atoms with Crippen LogP contribution in [0.1, 0.15) is 33.6 Å². The van der Waals surface area contributed by atoms with E-state index in [4.69, 9.17) is 11.5 Å². The second-order valence-corrected chi connectivity index (χ2v) is 5.50. The molecule has 5 nitrogen and oxygen atoms in total. The minimum atomic E-state index is -0.882. The Bertz CT molecular complexity index is 276. The summed E-state index contributed by atoms with van der Waals surface area (Å²) >= 11 is 0. The third-order valence-electron chi connectivity index (χ3n) is 4.09. The van der Waals surface area contributed by atoms with E-state index in [1.165, 1.54) is 6.42 Å². The Hall–Kier alpha value is -0.650. The molecular formula is C13H28N4O. The molecule has 0 radical (unpaired) electrons. The molecule has 4 N–H and O–H groups in total. The first kappa shape index (κ1) is 15.4. The number of hydrogen-bond acceptors (Lipinski definition) is 4. The van der Waals surface area contributed by atoms with E-state index >= 15 is 0 Å². The fourth-order valence-electron chi connectivity index (χ4n) is 2.57. The van der Waals surface area contributed by atoms with Gasteiger partial charge in [-0.05, 0) is 39.4 Å². The quantitative estimate of drug-likeness (QED) is 0.672. The maximum atomic E-state index is 11.2. The molecule has 0 saturated carbocycles. The number of primary amides is 1. The van der Waals surface area contributed by atoms with Gasteiger partial charge in [0.25, 0.3) is 0 Å². The second kappa shape index (κ2) is 6.50. The van der Waals surface area contributed by atoms with E-state index < -0.39 is 11.4 Å². The number of carbonyl (C=O) groups excluding carboxylic acids is 1. The van der Waals surface area contributed by atoms with Crippen LogP contribution in [0.5, 0.6) is 0 Å². The van der Waals surface area contributed by atoms with Crippen molar-refractivity contribution in [3.63, 3.8) is 0 Å². The zero-order chi connectivity index (χ0) is 13.8. The van der Waals surface area contributed by atoms with Gasteiger partial charge in [-0.1, -0.05) is 13.8 Å². The highest BCUT2D eigenvalue weighted by Crippen LogP contribution is 2.17. The topological polar surface area (TPSA) is 75.6 Å². The summed E-state index contributed by atoms with van der Waals surface area (Å²) in [6, 6.07) is 0.651. The van der Waals surface area contributed by atoms with E-state index in [9.17, 15) is 4.79 Å².